The summed E-state index contributed by atoms with van der Waals surface area (Å²) in [6.07, 6.45) is 1.81. The average Bonchev–Trinajstić information content (AvgIpc) is 2.46. The first kappa shape index (κ1) is 13.4. The Morgan fingerprint density at radius 2 is 1.90 bits per heavy atom. The summed E-state index contributed by atoms with van der Waals surface area (Å²) in [7, 11) is 0. The molecule has 0 fully saturated rings. The Balaban J connectivity index is 1.90. The van der Waals surface area contributed by atoms with Crippen molar-refractivity contribution in [2.24, 2.45) is 0 Å². The van der Waals surface area contributed by atoms with Gasteiger partial charge in [0.2, 0.25) is 0 Å². The molecule has 0 atom stereocenters. The van der Waals surface area contributed by atoms with Crippen LogP contribution in [0.5, 0.6) is 0 Å². The monoisotopic (exact) mass is 346 g/mol. The van der Waals surface area contributed by atoms with Crippen LogP contribution in [-0.2, 0) is 6.54 Å². The van der Waals surface area contributed by atoms with Gasteiger partial charge in [0.25, 0.3) is 0 Å². The smallest absolute Gasteiger partial charge is 0.134 e. The van der Waals surface area contributed by atoms with Gasteiger partial charge >= 0.3 is 0 Å². The van der Waals surface area contributed by atoms with Gasteiger partial charge in [-0.2, -0.15) is 0 Å². The molecule has 0 radical (unpaired) electrons. The molecule has 2 aromatic carbocycles. The van der Waals surface area contributed by atoms with Crippen molar-refractivity contribution in [2.45, 2.75) is 6.54 Å². The molecule has 0 spiro atoms. The second-order valence-corrected chi connectivity index (χ2v) is 5.77. The highest BCUT2D eigenvalue weighted by Gasteiger charge is 2.04. The standard InChI is InChI=1S/C16H12BrClN2/c17-15-6-2-5-14-13(15)7-8-19-16(14)20-10-11-3-1-4-12(18)9-11/h1-9H,10H2,(H,19,20). The normalized spacial score (nSPS) is 10.7. The first-order valence-corrected chi connectivity index (χ1v) is 7.43. The molecule has 1 heterocycles. The van der Waals surface area contributed by atoms with Crippen molar-refractivity contribution >= 4 is 44.1 Å². The van der Waals surface area contributed by atoms with Crippen LogP contribution in [0.15, 0.2) is 59.2 Å². The summed E-state index contributed by atoms with van der Waals surface area (Å²) < 4.78 is 1.07. The Morgan fingerprint density at radius 3 is 2.75 bits per heavy atom. The van der Waals surface area contributed by atoms with Crippen molar-refractivity contribution in [1.82, 2.24) is 4.98 Å². The maximum atomic E-state index is 5.99. The van der Waals surface area contributed by atoms with Crippen LogP contribution in [0.3, 0.4) is 0 Å². The van der Waals surface area contributed by atoms with Crippen LogP contribution >= 0.6 is 27.5 Å². The summed E-state index contributed by atoms with van der Waals surface area (Å²) in [4.78, 5) is 4.42. The van der Waals surface area contributed by atoms with E-state index in [2.05, 4.69) is 32.3 Å². The van der Waals surface area contributed by atoms with E-state index < -0.39 is 0 Å². The second-order valence-electron chi connectivity index (χ2n) is 4.48. The number of nitrogens with one attached hydrogen (secondary N) is 1. The summed E-state index contributed by atoms with van der Waals surface area (Å²) in [5.41, 5.74) is 1.13. The summed E-state index contributed by atoms with van der Waals surface area (Å²) in [5.74, 6) is 0.878. The number of hydrogen-bond donors (Lipinski definition) is 1. The van der Waals surface area contributed by atoms with Crippen LogP contribution in [0.25, 0.3) is 10.8 Å². The molecule has 20 heavy (non-hydrogen) atoms. The Morgan fingerprint density at radius 1 is 1.05 bits per heavy atom. The minimum Gasteiger partial charge on any atom is -0.365 e. The maximum absolute atomic E-state index is 5.99. The van der Waals surface area contributed by atoms with E-state index in [4.69, 9.17) is 11.6 Å². The van der Waals surface area contributed by atoms with Gasteiger partial charge in [-0.25, -0.2) is 4.98 Å². The fourth-order valence-electron chi connectivity index (χ4n) is 2.14. The molecule has 0 aliphatic rings. The Kier molecular flexibility index (Phi) is 3.90. The molecule has 3 aromatic rings. The predicted octanol–water partition coefficient (Wildman–Crippen LogP) is 5.26. The number of rotatable bonds is 3. The van der Waals surface area contributed by atoms with Gasteiger partial charge in [-0.1, -0.05) is 51.8 Å². The number of hydrogen-bond acceptors (Lipinski definition) is 2. The number of fused-ring (bicyclic) bond motifs is 1. The Bertz CT molecular complexity index is 758. The fraction of sp³-hybridized carbons (Fsp3) is 0.0625. The third kappa shape index (κ3) is 2.79. The minimum absolute atomic E-state index is 0.694. The molecule has 0 aliphatic carbocycles. The minimum atomic E-state index is 0.694. The fourth-order valence-corrected chi connectivity index (χ4v) is 2.85. The quantitative estimate of drug-likeness (QED) is 0.699. The number of pyridine rings is 1. The number of aromatic nitrogens is 1. The van der Waals surface area contributed by atoms with Gasteiger partial charge in [-0.15, -0.1) is 0 Å². The van der Waals surface area contributed by atoms with Crippen molar-refractivity contribution in [2.75, 3.05) is 5.32 Å². The first-order valence-electron chi connectivity index (χ1n) is 6.25. The second kappa shape index (κ2) is 5.81. The van der Waals surface area contributed by atoms with Crippen molar-refractivity contribution in [1.29, 1.82) is 0 Å². The van der Waals surface area contributed by atoms with Gasteiger partial charge in [-0.05, 0) is 29.8 Å². The van der Waals surface area contributed by atoms with Gasteiger partial charge in [0.1, 0.15) is 5.82 Å². The highest BCUT2D eigenvalue weighted by Crippen LogP contribution is 2.27. The molecule has 100 valence electrons. The molecule has 1 aromatic heterocycles. The number of anilines is 1. The zero-order chi connectivity index (χ0) is 13.9. The maximum Gasteiger partial charge on any atom is 0.134 e. The van der Waals surface area contributed by atoms with Crippen LogP contribution in [0.4, 0.5) is 5.82 Å². The molecular formula is C16H12BrClN2. The van der Waals surface area contributed by atoms with Crippen molar-refractivity contribution < 1.29 is 0 Å². The van der Waals surface area contributed by atoms with Crippen LogP contribution in [0, 0.1) is 0 Å². The van der Waals surface area contributed by atoms with E-state index in [-0.39, 0.29) is 0 Å². The lowest BCUT2D eigenvalue weighted by atomic mass is 10.1. The molecule has 0 aliphatic heterocycles. The van der Waals surface area contributed by atoms with Crippen molar-refractivity contribution in [3.63, 3.8) is 0 Å². The Hall–Kier alpha value is -1.58. The summed E-state index contributed by atoms with van der Waals surface area (Å²) in [5, 5.41) is 6.37. The lowest BCUT2D eigenvalue weighted by molar-refractivity contribution is 1.12. The van der Waals surface area contributed by atoms with Crippen molar-refractivity contribution in [3.05, 3.63) is 69.8 Å². The zero-order valence-electron chi connectivity index (χ0n) is 10.6. The molecule has 4 heteroatoms. The molecule has 2 nitrogen and oxygen atoms in total. The van der Waals surface area contributed by atoms with Gasteiger partial charge < -0.3 is 5.32 Å². The Labute approximate surface area is 130 Å². The molecular weight excluding hydrogens is 336 g/mol. The van der Waals surface area contributed by atoms with Crippen LogP contribution in [0.1, 0.15) is 5.56 Å². The third-order valence-electron chi connectivity index (χ3n) is 3.10. The molecule has 0 amide bonds. The molecule has 0 bridgehead atoms. The largest absolute Gasteiger partial charge is 0.365 e. The number of benzene rings is 2. The average molecular weight is 348 g/mol. The van der Waals surface area contributed by atoms with E-state index in [9.17, 15) is 0 Å². The van der Waals surface area contributed by atoms with E-state index in [0.717, 1.165) is 31.6 Å². The summed E-state index contributed by atoms with van der Waals surface area (Å²) >= 11 is 9.56. The molecule has 0 unspecified atom stereocenters. The van der Waals surface area contributed by atoms with Gasteiger partial charge in [-0.3, -0.25) is 0 Å². The van der Waals surface area contributed by atoms with Crippen LogP contribution in [-0.4, -0.2) is 4.98 Å². The number of halogens is 2. The lowest BCUT2D eigenvalue weighted by Gasteiger charge is -2.09. The predicted molar refractivity (Wildman–Crippen MR) is 88.2 cm³/mol. The van der Waals surface area contributed by atoms with Crippen molar-refractivity contribution in [3.8, 4) is 0 Å². The van der Waals surface area contributed by atoms with Crippen LogP contribution in [0.2, 0.25) is 5.02 Å². The molecule has 0 saturated heterocycles. The third-order valence-corrected chi connectivity index (χ3v) is 4.03. The lowest BCUT2D eigenvalue weighted by Crippen LogP contribution is -2.01. The first-order chi connectivity index (χ1) is 9.74. The van der Waals surface area contributed by atoms with Gasteiger partial charge in [0, 0.05) is 33.0 Å². The summed E-state index contributed by atoms with van der Waals surface area (Å²) in [6, 6.07) is 15.9. The molecule has 0 saturated carbocycles. The van der Waals surface area contributed by atoms with E-state index >= 15 is 0 Å². The topological polar surface area (TPSA) is 24.9 Å². The van der Waals surface area contributed by atoms with E-state index in [1.807, 2.05) is 48.7 Å². The number of nitrogens with zero attached hydrogens (tertiary/aromatic N) is 1. The van der Waals surface area contributed by atoms with Gasteiger partial charge in [0.15, 0.2) is 0 Å². The van der Waals surface area contributed by atoms with Gasteiger partial charge in [0.05, 0.1) is 0 Å². The molecule has 3 rings (SSSR count). The molecule has 1 N–H and O–H groups in total. The highest BCUT2D eigenvalue weighted by molar-refractivity contribution is 9.10. The highest BCUT2D eigenvalue weighted by atomic mass is 79.9. The van der Waals surface area contributed by atoms with E-state index in [1.165, 1.54) is 0 Å². The van der Waals surface area contributed by atoms with E-state index in [1.54, 1.807) is 0 Å². The van der Waals surface area contributed by atoms with Crippen LogP contribution < -0.4 is 5.32 Å². The zero-order valence-corrected chi connectivity index (χ0v) is 12.9. The SMILES string of the molecule is Clc1cccc(CNc2nccc3c(Br)cccc23)c1. The van der Waals surface area contributed by atoms with E-state index in [0.29, 0.717) is 6.54 Å². The summed E-state index contributed by atoms with van der Waals surface area (Å²) in [6.45, 7) is 0.694.